The summed E-state index contributed by atoms with van der Waals surface area (Å²) in [6.45, 7) is 6.62. The summed E-state index contributed by atoms with van der Waals surface area (Å²) in [6, 6.07) is 6.16. The van der Waals surface area contributed by atoms with Crippen molar-refractivity contribution >= 4 is 5.69 Å². The standard InChI is InChI=1S/C14H21NO2/c1-3-16-12-6-7-14(11(2)9-12)15-10-13-5-4-8-17-13/h6-7,9,13,15H,3-5,8,10H2,1-2H3. The molecular formula is C14H21NO2. The summed E-state index contributed by atoms with van der Waals surface area (Å²) in [5, 5.41) is 3.44. The molecule has 0 aromatic heterocycles. The van der Waals surface area contributed by atoms with Crippen molar-refractivity contribution in [1.29, 1.82) is 0 Å². The number of nitrogens with one attached hydrogen (secondary N) is 1. The summed E-state index contributed by atoms with van der Waals surface area (Å²) in [6.07, 6.45) is 2.73. The average Bonchev–Trinajstić information content (AvgIpc) is 2.81. The van der Waals surface area contributed by atoms with Gasteiger partial charge >= 0.3 is 0 Å². The lowest BCUT2D eigenvalue weighted by atomic mass is 10.1. The van der Waals surface area contributed by atoms with Crippen LogP contribution in [0.1, 0.15) is 25.3 Å². The highest BCUT2D eigenvalue weighted by molar-refractivity contribution is 5.53. The Bertz CT molecular complexity index is 359. The number of ether oxygens (including phenoxy) is 2. The molecule has 1 unspecified atom stereocenters. The highest BCUT2D eigenvalue weighted by atomic mass is 16.5. The van der Waals surface area contributed by atoms with E-state index in [1.54, 1.807) is 0 Å². The summed E-state index contributed by atoms with van der Waals surface area (Å²) in [4.78, 5) is 0. The van der Waals surface area contributed by atoms with Crippen molar-refractivity contribution in [3.8, 4) is 5.75 Å². The number of rotatable bonds is 5. The maximum absolute atomic E-state index is 5.59. The molecule has 0 spiro atoms. The first-order valence-electron chi connectivity index (χ1n) is 6.38. The zero-order valence-electron chi connectivity index (χ0n) is 10.7. The van der Waals surface area contributed by atoms with Crippen LogP contribution < -0.4 is 10.1 Å². The van der Waals surface area contributed by atoms with Crippen LogP contribution in [0.3, 0.4) is 0 Å². The molecule has 1 N–H and O–H groups in total. The van der Waals surface area contributed by atoms with Gasteiger partial charge < -0.3 is 14.8 Å². The van der Waals surface area contributed by atoms with Gasteiger partial charge in [0.25, 0.3) is 0 Å². The Morgan fingerprint density at radius 3 is 3.00 bits per heavy atom. The SMILES string of the molecule is CCOc1ccc(NCC2CCCO2)c(C)c1. The van der Waals surface area contributed by atoms with Gasteiger partial charge in [0.1, 0.15) is 5.75 Å². The van der Waals surface area contributed by atoms with Gasteiger partial charge in [-0.15, -0.1) is 0 Å². The van der Waals surface area contributed by atoms with Crippen LogP contribution >= 0.6 is 0 Å². The van der Waals surface area contributed by atoms with Crippen LogP contribution in [0.2, 0.25) is 0 Å². The summed E-state index contributed by atoms with van der Waals surface area (Å²) in [5.41, 5.74) is 2.39. The first-order valence-corrected chi connectivity index (χ1v) is 6.38. The minimum absolute atomic E-state index is 0.376. The second-order valence-electron chi connectivity index (χ2n) is 4.43. The van der Waals surface area contributed by atoms with Gasteiger partial charge in [0.15, 0.2) is 0 Å². The molecule has 17 heavy (non-hydrogen) atoms. The molecule has 3 nitrogen and oxygen atoms in total. The van der Waals surface area contributed by atoms with Gasteiger partial charge in [0.2, 0.25) is 0 Å². The topological polar surface area (TPSA) is 30.5 Å². The van der Waals surface area contributed by atoms with Crippen molar-refractivity contribution in [2.45, 2.75) is 32.8 Å². The second-order valence-corrected chi connectivity index (χ2v) is 4.43. The van der Waals surface area contributed by atoms with Gasteiger partial charge in [-0.2, -0.15) is 0 Å². The van der Waals surface area contributed by atoms with E-state index in [1.807, 2.05) is 13.0 Å². The first kappa shape index (κ1) is 12.2. The molecule has 3 heteroatoms. The predicted octanol–water partition coefficient (Wildman–Crippen LogP) is 2.98. The van der Waals surface area contributed by atoms with Crippen LogP contribution in [0.15, 0.2) is 18.2 Å². The van der Waals surface area contributed by atoms with Gasteiger partial charge in [-0.05, 0) is 50.5 Å². The zero-order valence-corrected chi connectivity index (χ0v) is 10.7. The Balaban J connectivity index is 1.91. The van der Waals surface area contributed by atoms with E-state index in [0.29, 0.717) is 12.7 Å². The fraction of sp³-hybridized carbons (Fsp3) is 0.571. The Hall–Kier alpha value is -1.22. The lowest BCUT2D eigenvalue weighted by Crippen LogP contribution is -2.18. The van der Waals surface area contributed by atoms with Crippen LogP contribution in [0, 0.1) is 6.92 Å². The lowest BCUT2D eigenvalue weighted by molar-refractivity contribution is 0.120. The molecule has 0 radical (unpaired) electrons. The number of aryl methyl sites for hydroxylation is 1. The molecule has 0 saturated carbocycles. The minimum Gasteiger partial charge on any atom is -0.494 e. The Labute approximate surface area is 103 Å². The van der Waals surface area contributed by atoms with Crippen LogP contribution in [0.25, 0.3) is 0 Å². The average molecular weight is 235 g/mol. The minimum atomic E-state index is 0.376. The molecule has 0 amide bonds. The van der Waals surface area contributed by atoms with Crippen LogP contribution in [0.4, 0.5) is 5.69 Å². The van der Waals surface area contributed by atoms with Crippen molar-refractivity contribution in [1.82, 2.24) is 0 Å². The van der Waals surface area contributed by atoms with Crippen molar-refractivity contribution in [2.75, 3.05) is 25.1 Å². The van der Waals surface area contributed by atoms with Crippen molar-refractivity contribution in [3.05, 3.63) is 23.8 Å². The third kappa shape index (κ3) is 3.37. The smallest absolute Gasteiger partial charge is 0.119 e. The second kappa shape index (κ2) is 5.92. The van der Waals surface area contributed by atoms with E-state index in [1.165, 1.54) is 24.1 Å². The number of hydrogen-bond acceptors (Lipinski definition) is 3. The molecule has 1 heterocycles. The molecule has 0 aliphatic carbocycles. The molecule has 1 fully saturated rings. The quantitative estimate of drug-likeness (QED) is 0.851. The van der Waals surface area contributed by atoms with Crippen LogP contribution in [0.5, 0.6) is 5.75 Å². The highest BCUT2D eigenvalue weighted by Gasteiger charge is 2.15. The van der Waals surface area contributed by atoms with E-state index in [4.69, 9.17) is 9.47 Å². The van der Waals surface area contributed by atoms with Gasteiger partial charge in [0, 0.05) is 18.8 Å². The van der Waals surface area contributed by atoms with Gasteiger partial charge in [-0.25, -0.2) is 0 Å². The van der Waals surface area contributed by atoms with Gasteiger partial charge in [-0.3, -0.25) is 0 Å². The Kier molecular flexibility index (Phi) is 4.26. The predicted molar refractivity (Wildman–Crippen MR) is 69.8 cm³/mol. The van der Waals surface area contributed by atoms with Gasteiger partial charge in [0.05, 0.1) is 12.7 Å². The van der Waals surface area contributed by atoms with Crippen LogP contribution in [-0.2, 0) is 4.74 Å². The third-order valence-electron chi connectivity index (χ3n) is 3.05. The van der Waals surface area contributed by atoms with Gasteiger partial charge in [-0.1, -0.05) is 0 Å². The summed E-state index contributed by atoms with van der Waals surface area (Å²) >= 11 is 0. The number of benzene rings is 1. The normalized spacial score (nSPS) is 19.3. The first-order chi connectivity index (χ1) is 8.29. The van der Waals surface area contributed by atoms with Crippen molar-refractivity contribution < 1.29 is 9.47 Å². The molecule has 1 aliphatic rings. The molecular weight excluding hydrogens is 214 g/mol. The fourth-order valence-electron chi connectivity index (χ4n) is 2.12. The summed E-state index contributed by atoms with van der Waals surface area (Å²) in [7, 11) is 0. The molecule has 1 aromatic carbocycles. The molecule has 1 saturated heterocycles. The van der Waals surface area contributed by atoms with E-state index in [0.717, 1.165) is 18.9 Å². The fourth-order valence-corrected chi connectivity index (χ4v) is 2.12. The third-order valence-corrected chi connectivity index (χ3v) is 3.05. The molecule has 1 aromatic rings. The monoisotopic (exact) mass is 235 g/mol. The van der Waals surface area contributed by atoms with Crippen molar-refractivity contribution in [3.63, 3.8) is 0 Å². The van der Waals surface area contributed by atoms with E-state index in [-0.39, 0.29) is 0 Å². The van der Waals surface area contributed by atoms with E-state index in [2.05, 4.69) is 24.4 Å². The number of anilines is 1. The Morgan fingerprint density at radius 2 is 2.35 bits per heavy atom. The molecule has 2 rings (SSSR count). The lowest BCUT2D eigenvalue weighted by Gasteiger charge is -2.14. The molecule has 0 bridgehead atoms. The van der Waals surface area contributed by atoms with E-state index < -0.39 is 0 Å². The van der Waals surface area contributed by atoms with E-state index in [9.17, 15) is 0 Å². The molecule has 1 atom stereocenters. The largest absolute Gasteiger partial charge is 0.494 e. The summed E-state index contributed by atoms with van der Waals surface area (Å²) in [5.74, 6) is 0.938. The van der Waals surface area contributed by atoms with Crippen LogP contribution in [-0.4, -0.2) is 25.9 Å². The highest BCUT2D eigenvalue weighted by Crippen LogP contribution is 2.22. The maximum atomic E-state index is 5.59. The summed E-state index contributed by atoms with van der Waals surface area (Å²) < 4.78 is 11.1. The van der Waals surface area contributed by atoms with Crippen molar-refractivity contribution in [2.24, 2.45) is 0 Å². The Morgan fingerprint density at radius 1 is 1.47 bits per heavy atom. The maximum Gasteiger partial charge on any atom is 0.119 e. The molecule has 94 valence electrons. The molecule has 1 aliphatic heterocycles. The van der Waals surface area contributed by atoms with E-state index >= 15 is 0 Å². The number of hydrogen-bond donors (Lipinski definition) is 1. The zero-order chi connectivity index (χ0) is 12.1.